The zero-order valence-corrected chi connectivity index (χ0v) is 24.9. The molecule has 1 spiro atoms. The lowest BCUT2D eigenvalue weighted by Crippen LogP contribution is -2.48. The molecule has 1 aliphatic carbocycles. The first kappa shape index (κ1) is 28.0. The van der Waals surface area contributed by atoms with Crippen molar-refractivity contribution in [2.45, 2.75) is 57.7 Å². The van der Waals surface area contributed by atoms with Crippen LogP contribution in [0.2, 0.25) is 10.0 Å². The van der Waals surface area contributed by atoms with Crippen LogP contribution in [0.4, 0.5) is 5.95 Å². The molecule has 10 heteroatoms. The predicted octanol–water partition coefficient (Wildman–Crippen LogP) is 5.79. The molecule has 2 aromatic carbocycles. The molecule has 7 nitrogen and oxygen atoms in total. The van der Waals surface area contributed by atoms with Gasteiger partial charge in [-0.15, -0.1) is 0 Å². The number of hydrogen-bond donors (Lipinski definition) is 2. The Hall–Kier alpha value is -2.52. The van der Waals surface area contributed by atoms with Gasteiger partial charge in [-0.05, 0) is 69.6 Å². The van der Waals surface area contributed by atoms with E-state index in [1.54, 1.807) is 18.2 Å². The minimum absolute atomic E-state index is 0.00732. The zero-order valence-electron chi connectivity index (χ0n) is 22.6. The van der Waals surface area contributed by atoms with Crippen LogP contribution in [0.5, 0.6) is 0 Å². The summed E-state index contributed by atoms with van der Waals surface area (Å²) in [6, 6.07) is 13.7. The number of fused-ring (bicyclic) bond motifs is 1. The summed E-state index contributed by atoms with van der Waals surface area (Å²) < 4.78 is 16.3. The first-order chi connectivity index (χ1) is 18.4. The molecule has 1 aromatic heterocycles. The van der Waals surface area contributed by atoms with E-state index in [0.29, 0.717) is 45.9 Å². The number of aryl methyl sites for hydroxylation is 1. The van der Waals surface area contributed by atoms with Crippen molar-refractivity contribution in [3.05, 3.63) is 75.0 Å². The van der Waals surface area contributed by atoms with Crippen LogP contribution >= 0.6 is 23.2 Å². The van der Waals surface area contributed by atoms with Crippen LogP contribution in [-0.4, -0.2) is 37.9 Å². The lowest BCUT2D eigenvalue weighted by atomic mass is 9.73. The number of nitrogens with zero attached hydrogens (tertiary/aromatic N) is 3. The van der Waals surface area contributed by atoms with Gasteiger partial charge in [0.2, 0.25) is 5.95 Å². The molecular formula is C29H33Cl2N5O2S. The van der Waals surface area contributed by atoms with Gasteiger partial charge in [0, 0.05) is 24.2 Å². The molecule has 206 valence electrons. The summed E-state index contributed by atoms with van der Waals surface area (Å²) in [5, 5.41) is 0.704. The topological polar surface area (TPSA) is 101 Å². The van der Waals surface area contributed by atoms with Crippen LogP contribution in [0.1, 0.15) is 67.0 Å². The van der Waals surface area contributed by atoms with E-state index in [4.69, 9.17) is 33.9 Å². The second-order valence-corrected chi connectivity index (χ2v) is 14.2. The third kappa shape index (κ3) is 5.20. The van der Waals surface area contributed by atoms with Crippen molar-refractivity contribution < 1.29 is 9.00 Å². The van der Waals surface area contributed by atoms with Gasteiger partial charge >= 0.3 is 0 Å². The third-order valence-corrected chi connectivity index (χ3v) is 10.3. The number of nitrogens with two attached hydrogens (primary N) is 1. The number of aromatic nitrogens is 2. The van der Waals surface area contributed by atoms with Crippen LogP contribution in [-0.2, 0) is 17.4 Å². The molecule has 1 saturated heterocycles. The number of rotatable bonds is 5. The van der Waals surface area contributed by atoms with E-state index >= 15 is 0 Å². The maximum absolute atomic E-state index is 13.2. The van der Waals surface area contributed by atoms with Gasteiger partial charge in [-0.25, -0.2) is 18.9 Å². The highest BCUT2D eigenvalue weighted by atomic mass is 35.5. The molecule has 2 aliphatic rings. The minimum atomic E-state index is -1.20. The van der Waals surface area contributed by atoms with E-state index in [1.807, 2.05) is 27.7 Å². The summed E-state index contributed by atoms with van der Waals surface area (Å²) in [6.45, 7) is 9.19. The molecule has 5 rings (SSSR count). The number of benzene rings is 2. The second-order valence-electron chi connectivity index (χ2n) is 11.5. The van der Waals surface area contributed by atoms with E-state index in [2.05, 4.69) is 38.9 Å². The number of amides is 1. The molecule has 2 heterocycles. The monoisotopic (exact) mass is 585 g/mol. The number of carbonyl (C=O) groups excluding carboxylic acids is 1. The van der Waals surface area contributed by atoms with Crippen molar-refractivity contribution in [2.24, 2.45) is 11.1 Å². The largest absolute Gasteiger partial charge is 0.364 e. The average Bonchev–Trinajstić information content (AvgIpc) is 3.17. The highest BCUT2D eigenvalue weighted by Gasteiger charge is 2.49. The van der Waals surface area contributed by atoms with Gasteiger partial charge in [-0.1, -0.05) is 59.6 Å². The van der Waals surface area contributed by atoms with Crippen LogP contribution in [0, 0.1) is 12.3 Å². The Labute approximate surface area is 242 Å². The molecule has 2 atom stereocenters. The summed E-state index contributed by atoms with van der Waals surface area (Å²) in [7, 11) is -1.20. The average molecular weight is 587 g/mol. The highest BCUT2D eigenvalue weighted by molar-refractivity contribution is 7.84. The van der Waals surface area contributed by atoms with Gasteiger partial charge in [-0.3, -0.25) is 4.79 Å². The standard InChI is InChI=1S/C29H33Cl2N5O2S/c1-17-22(20-10-7-11-21(30)23(20)31)24(26(32)37)34-27(33-17)36-14-12-29(13-15-36)16-18-8-5-6-9-19(18)25(29)35-39(38)28(2,3)4/h5-11,25,35H,12-16H2,1-4H3,(H2,32,37)/t25-,39-/m1/s1. The van der Waals surface area contributed by atoms with Gasteiger partial charge in [0.15, 0.2) is 0 Å². The molecule has 1 fully saturated rings. The summed E-state index contributed by atoms with van der Waals surface area (Å²) in [5.41, 5.74) is 10.0. The summed E-state index contributed by atoms with van der Waals surface area (Å²) >= 11 is 12.7. The maximum atomic E-state index is 13.2. The Kier molecular flexibility index (Phi) is 7.52. The normalized spacial score (nSPS) is 19.2. The zero-order chi connectivity index (χ0) is 28.1. The lowest BCUT2D eigenvalue weighted by molar-refractivity contribution is 0.0996. The van der Waals surface area contributed by atoms with Crippen LogP contribution < -0.4 is 15.4 Å². The van der Waals surface area contributed by atoms with E-state index in [-0.39, 0.29) is 21.9 Å². The molecule has 0 bridgehead atoms. The van der Waals surface area contributed by atoms with Crippen molar-refractivity contribution in [1.29, 1.82) is 0 Å². The van der Waals surface area contributed by atoms with Gasteiger partial charge in [-0.2, -0.15) is 0 Å². The first-order valence-corrected chi connectivity index (χ1v) is 15.0. The van der Waals surface area contributed by atoms with Crippen molar-refractivity contribution in [1.82, 2.24) is 14.7 Å². The van der Waals surface area contributed by atoms with Crippen molar-refractivity contribution in [3.8, 4) is 11.1 Å². The lowest BCUT2D eigenvalue weighted by Gasteiger charge is -2.44. The molecule has 0 unspecified atom stereocenters. The fourth-order valence-corrected chi connectivity index (χ4v) is 7.11. The van der Waals surface area contributed by atoms with E-state index in [1.165, 1.54) is 11.1 Å². The van der Waals surface area contributed by atoms with E-state index in [0.717, 1.165) is 19.3 Å². The smallest absolute Gasteiger partial charge is 0.268 e. The number of halogens is 2. The Balaban J connectivity index is 1.44. The molecule has 39 heavy (non-hydrogen) atoms. The molecule has 0 saturated carbocycles. The molecule has 3 aromatic rings. The number of carbonyl (C=O) groups is 1. The van der Waals surface area contributed by atoms with Gasteiger partial charge < -0.3 is 10.6 Å². The molecule has 0 radical (unpaired) electrons. The second kappa shape index (κ2) is 10.5. The van der Waals surface area contributed by atoms with Gasteiger partial charge in [0.1, 0.15) is 5.69 Å². The van der Waals surface area contributed by atoms with Gasteiger partial charge in [0.05, 0.1) is 37.5 Å². The maximum Gasteiger partial charge on any atom is 0.268 e. The van der Waals surface area contributed by atoms with Crippen LogP contribution in [0.25, 0.3) is 11.1 Å². The fourth-order valence-electron chi connectivity index (χ4n) is 5.78. The quantitative estimate of drug-likeness (QED) is 0.394. The highest BCUT2D eigenvalue weighted by Crippen LogP contribution is 2.52. The minimum Gasteiger partial charge on any atom is -0.364 e. The first-order valence-electron chi connectivity index (χ1n) is 13.0. The predicted molar refractivity (Wildman–Crippen MR) is 159 cm³/mol. The molecule has 1 aliphatic heterocycles. The van der Waals surface area contributed by atoms with Crippen LogP contribution in [0.15, 0.2) is 42.5 Å². The number of hydrogen-bond acceptors (Lipinski definition) is 5. The van der Waals surface area contributed by atoms with E-state index < -0.39 is 16.9 Å². The Morgan fingerprint density at radius 1 is 1.10 bits per heavy atom. The molecular weight excluding hydrogens is 553 g/mol. The van der Waals surface area contributed by atoms with Crippen molar-refractivity contribution >= 4 is 46.0 Å². The fraction of sp³-hybridized carbons (Fsp3) is 0.414. The Morgan fingerprint density at radius 2 is 1.79 bits per heavy atom. The van der Waals surface area contributed by atoms with E-state index in [9.17, 15) is 9.00 Å². The third-order valence-electron chi connectivity index (χ3n) is 7.88. The number of anilines is 1. The summed E-state index contributed by atoms with van der Waals surface area (Å²) in [5.74, 6) is -0.183. The van der Waals surface area contributed by atoms with Crippen LogP contribution in [0.3, 0.4) is 0 Å². The van der Waals surface area contributed by atoms with Crippen molar-refractivity contribution in [2.75, 3.05) is 18.0 Å². The Bertz CT molecular complexity index is 1460. The summed E-state index contributed by atoms with van der Waals surface area (Å²) in [6.07, 6.45) is 2.64. The van der Waals surface area contributed by atoms with Gasteiger partial charge in [0.25, 0.3) is 5.91 Å². The number of nitrogens with one attached hydrogen (secondary N) is 1. The SMILES string of the molecule is Cc1nc(N2CCC3(CC2)Cc2ccccc2[C@H]3N[S@](=O)C(C)(C)C)nc(C(N)=O)c1-c1cccc(Cl)c1Cl. The number of piperidine rings is 1. The molecule has 1 amide bonds. The molecule has 3 N–H and O–H groups in total. The Morgan fingerprint density at radius 3 is 2.46 bits per heavy atom. The summed E-state index contributed by atoms with van der Waals surface area (Å²) in [4.78, 5) is 24.1. The number of primary amides is 1. The van der Waals surface area contributed by atoms with Crippen molar-refractivity contribution in [3.63, 3.8) is 0 Å².